The minimum absolute atomic E-state index is 0.0793. The molecular formula is C12H21NO8. The molecule has 0 spiro atoms. The van der Waals surface area contributed by atoms with Crippen LogP contribution >= 0.6 is 0 Å². The van der Waals surface area contributed by atoms with Crippen molar-refractivity contribution in [2.24, 2.45) is 5.92 Å². The van der Waals surface area contributed by atoms with Crippen molar-refractivity contribution in [3.63, 3.8) is 0 Å². The summed E-state index contributed by atoms with van der Waals surface area (Å²) in [6.07, 6.45) is -2.50. The van der Waals surface area contributed by atoms with Gasteiger partial charge in [-0.1, -0.05) is 0 Å². The van der Waals surface area contributed by atoms with E-state index >= 15 is 0 Å². The fraction of sp³-hybridized carbons (Fsp3) is 0.750. The average molecular weight is 307 g/mol. The predicted molar refractivity (Wildman–Crippen MR) is 69.5 cm³/mol. The van der Waals surface area contributed by atoms with Gasteiger partial charge in [0.1, 0.15) is 0 Å². The molecule has 0 saturated carbocycles. The van der Waals surface area contributed by atoms with E-state index in [-0.39, 0.29) is 11.9 Å². The zero-order valence-electron chi connectivity index (χ0n) is 11.9. The second-order valence-electron chi connectivity index (χ2n) is 4.67. The normalized spacial score (nSPS) is 24.0. The molecule has 9 nitrogen and oxygen atoms in total. The quantitative estimate of drug-likeness (QED) is 0.387. The summed E-state index contributed by atoms with van der Waals surface area (Å²) in [7, 11) is 1.44. The maximum absolute atomic E-state index is 11.0. The Morgan fingerprint density at radius 2 is 1.57 bits per heavy atom. The molecule has 9 heteroatoms. The van der Waals surface area contributed by atoms with Crippen LogP contribution in [0.4, 0.5) is 0 Å². The number of piperidine rings is 1. The van der Waals surface area contributed by atoms with Crippen molar-refractivity contribution in [3.05, 3.63) is 0 Å². The summed E-state index contributed by atoms with van der Waals surface area (Å²) in [6, 6.07) is 0.552. The third kappa shape index (κ3) is 7.02. The van der Waals surface area contributed by atoms with Crippen molar-refractivity contribution < 1.29 is 39.5 Å². The Bertz CT molecular complexity index is 346. The van der Waals surface area contributed by atoms with E-state index < -0.39 is 24.1 Å². The van der Waals surface area contributed by atoms with Gasteiger partial charge in [0.25, 0.3) is 0 Å². The Morgan fingerprint density at radius 1 is 1.10 bits per heavy atom. The highest BCUT2D eigenvalue weighted by atomic mass is 16.5. The van der Waals surface area contributed by atoms with E-state index in [1.165, 1.54) is 7.11 Å². The van der Waals surface area contributed by atoms with Crippen molar-refractivity contribution in [1.29, 1.82) is 0 Å². The van der Waals surface area contributed by atoms with Crippen LogP contribution in [0.25, 0.3) is 0 Å². The van der Waals surface area contributed by atoms with E-state index in [4.69, 9.17) is 20.4 Å². The number of hydrogen-bond donors (Lipinski definition) is 5. The molecule has 0 aromatic carbocycles. The summed E-state index contributed by atoms with van der Waals surface area (Å²) in [6.45, 7) is 2.90. The minimum Gasteiger partial charge on any atom is -0.479 e. The standard InChI is InChI=1S/C8H15NO2.C4H6O6/c1-6-3-4-7(5-9-6)8(10)11-2;5-1(3(7)8)2(6)4(9)10/h6-7,9H,3-5H2,1-2H3;1-2,5-6H,(H,7,8)(H,9,10)/t6-,7+;1-,2-/m11/s1. The van der Waals surface area contributed by atoms with Gasteiger partial charge in [0.2, 0.25) is 0 Å². The van der Waals surface area contributed by atoms with E-state index in [9.17, 15) is 14.4 Å². The number of carboxylic acids is 2. The number of ether oxygens (including phenoxy) is 1. The number of nitrogens with one attached hydrogen (secondary N) is 1. The monoisotopic (exact) mass is 307 g/mol. The molecule has 122 valence electrons. The molecule has 1 heterocycles. The van der Waals surface area contributed by atoms with Gasteiger partial charge >= 0.3 is 17.9 Å². The van der Waals surface area contributed by atoms with E-state index in [0.717, 1.165) is 19.4 Å². The minimum atomic E-state index is -2.27. The molecule has 1 rings (SSSR count). The van der Waals surface area contributed by atoms with Crippen LogP contribution < -0.4 is 5.32 Å². The zero-order chi connectivity index (χ0) is 16.6. The van der Waals surface area contributed by atoms with Crippen LogP contribution in [0.3, 0.4) is 0 Å². The first-order valence-corrected chi connectivity index (χ1v) is 6.33. The number of methoxy groups -OCH3 is 1. The fourth-order valence-electron chi connectivity index (χ4n) is 1.64. The van der Waals surface area contributed by atoms with Crippen molar-refractivity contribution in [2.45, 2.75) is 38.0 Å². The molecule has 0 aliphatic carbocycles. The van der Waals surface area contributed by atoms with Crippen molar-refractivity contribution in [2.75, 3.05) is 13.7 Å². The molecule has 0 bridgehead atoms. The number of hydrogen-bond acceptors (Lipinski definition) is 7. The molecule has 0 aromatic heterocycles. The maximum atomic E-state index is 11.0. The molecule has 0 amide bonds. The summed E-state index contributed by atoms with van der Waals surface area (Å²) < 4.78 is 4.65. The van der Waals surface area contributed by atoms with Crippen molar-refractivity contribution >= 4 is 17.9 Å². The van der Waals surface area contributed by atoms with Crippen LogP contribution in [0, 0.1) is 5.92 Å². The van der Waals surface area contributed by atoms with Gasteiger partial charge < -0.3 is 30.5 Å². The molecular weight excluding hydrogens is 286 g/mol. The number of rotatable bonds is 4. The van der Waals surface area contributed by atoms with Crippen LogP contribution in [-0.2, 0) is 19.1 Å². The first-order valence-electron chi connectivity index (χ1n) is 6.33. The van der Waals surface area contributed by atoms with Gasteiger partial charge in [-0.2, -0.15) is 0 Å². The van der Waals surface area contributed by atoms with Gasteiger partial charge in [-0.15, -0.1) is 0 Å². The molecule has 1 aliphatic rings. The molecule has 1 aliphatic heterocycles. The highest BCUT2D eigenvalue weighted by molar-refractivity contribution is 5.83. The molecule has 5 N–H and O–H groups in total. The van der Waals surface area contributed by atoms with Gasteiger partial charge in [0, 0.05) is 12.6 Å². The van der Waals surface area contributed by atoms with E-state index in [1.807, 2.05) is 0 Å². The molecule has 0 aromatic rings. The highest BCUT2D eigenvalue weighted by Gasteiger charge is 2.29. The third-order valence-corrected chi connectivity index (χ3v) is 3.00. The van der Waals surface area contributed by atoms with Gasteiger partial charge in [0.05, 0.1) is 13.0 Å². The smallest absolute Gasteiger partial charge is 0.335 e. The van der Waals surface area contributed by atoms with Gasteiger partial charge in [0.15, 0.2) is 12.2 Å². The van der Waals surface area contributed by atoms with E-state index in [2.05, 4.69) is 17.0 Å². The highest BCUT2D eigenvalue weighted by Crippen LogP contribution is 2.14. The number of carboxylic acid groups (broad SMARTS) is 2. The Hall–Kier alpha value is -1.71. The molecule has 1 saturated heterocycles. The first kappa shape index (κ1) is 19.3. The summed E-state index contributed by atoms with van der Waals surface area (Å²) >= 11 is 0. The number of carbonyl (C=O) groups excluding carboxylic acids is 1. The Labute approximate surface area is 121 Å². The molecule has 4 atom stereocenters. The lowest BCUT2D eigenvalue weighted by Gasteiger charge is -2.25. The SMILES string of the molecule is COC(=O)[C@H]1CC[C@@H](C)NC1.O=C(O)[C@H](O)[C@@H](O)C(=O)O. The maximum Gasteiger partial charge on any atom is 0.335 e. The van der Waals surface area contributed by atoms with Gasteiger partial charge in [-0.3, -0.25) is 4.79 Å². The van der Waals surface area contributed by atoms with Crippen LogP contribution in [0.5, 0.6) is 0 Å². The van der Waals surface area contributed by atoms with E-state index in [1.54, 1.807) is 0 Å². The zero-order valence-corrected chi connectivity index (χ0v) is 11.9. The molecule has 21 heavy (non-hydrogen) atoms. The second kappa shape index (κ2) is 9.27. The number of aliphatic hydroxyl groups is 2. The lowest BCUT2D eigenvalue weighted by molar-refractivity contribution is -0.165. The lowest BCUT2D eigenvalue weighted by Crippen LogP contribution is -2.40. The average Bonchev–Trinajstić information content (AvgIpc) is 2.46. The topological polar surface area (TPSA) is 153 Å². The van der Waals surface area contributed by atoms with Crippen LogP contribution in [-0.4, -0.2) is 70.2 Å². The fourth-order valence-corrected chi connectivity index (χ4v) is 1.64. The van der Waals surface area contributed by atoms with E-state index in [0.29, 0.717) is 6.04 Å². The van der Waals surface area contributed by atoms with Crippen LogP contribution in [0.15, 0.2) is 0 Å². The number of aliphatic hydroxyl groups excluding tert-OH is 2. The molecule has 0 unspecified atom stereocenters. The number of esters is 1. The first-order chi connectivity index (χ1) is 9.70. The van der Waals surface area contributed by atoms with Crippen molar-refractivity contribution in [3.8, 4) is 0 Å². The van der Waals surface area contributed by atoms with Crippen LogP contribution in [0.2, 0.25) is 0 Å². The van der Waals surface area contributed by atoms with Crippen LogP contribution in [0.1, 0.15) is 19.8 Å². The van der Waals surface area contributed by atoms with Gasteiger partial charge in [-0.25, -0.2) is 9.59 Å². The molecule has 0 radical (unpaired) electrons. The second-order valence-corrected chi connectivity index (χ2v) is 4.67. The Kier molecular flexibility index (Phi) is 8.51. The summed E-state index contributed by atoms with van der Waals surface area (Å²) in [5, 5.41) is 35.8. The number of carbonyl (C=O) groups is 3. The third-order valence-electron chi connectivity index (χ3n) is 3.00. The summed E-state index contributed by atoms with van der Waals surface area (Å²) in [5.74, 6) is -3.54. The Morgan fingerprint density at radius 3 is 1.86 bits per heavy atom. The summed E-state index contributed by atoms with van der Waals surface area (Å²) in [4.78, 5) is 30.6. The lowest BCUT2D eigenvalue weighted by atomic mass is 9.96. The predicted octanol–water partition coefficient (Wildman–Crippen LogP) is -1.58. The Balaban J connectivity index is 0.000000384. The van der Waals surface area contributed by atoms with Gasteiger partial charge in [-0.05, 0) is 19.8 Å². The van der Waals surface area contributed by atoms with Crippen molar-refractivity contribution in [1.82, 2.24) is 5.32 Å². The number of aliphatic carboxylic acids is 2. The molecule has 1 fully saturated rings. The largest absolute Gasteiger partial charge is 0.479 e. The summed E-state index contributed by atoms with van der Waals surface area (Å²) in [5.41, 5.74) is 0.